The van der Waals surface area contributed by atoms with Crippen LogP contribution in [0.25, 0.3) is 0 Å². The number of aliphatic hydroxyl groups excluding tert-OH is 2. The summed E-state index contributed by atoms with van der Waals surface area (Å²) in [5, 5.41) is 18.7. The fourth-order valence-corrected chi connectivity index (χ4v) is 0.996. The van der Waals surface area contributed by atoms with Crippen LogP contribution in [0.2, 0.25) is 0 Å². The summed E-state index contributed by atoms with van der Waals surface area (Å²) in [6, 6.07) is 9.17. The first-order chi connectivity index (χ1) is 6.74. The first kappa shape index (κ1) is 10.8. The lowest BCUT2D eigenvalue weighted by atomic mass is 10.1. The quantitative estimate of drug-likeness (QED) is 0.694. The third-order valence-electron chi connectivity index (χ3n) is 1.89. The summed E-state index contributed by atoms with van der Waals surface area (Å²) >= 11 is 0. The molecule has 0 aromatic heterocycles. The molecule has 0 aliphatic rings. The number of aliphatic hydroxyl groups is 2. The minimum absolute atomic E-state index is 0.578. The maximum absolute atomic E-state index is 9.58. The van der Waals surface area contributed by atoms with E-state index in [4.69, 9.17) is 5.11 Å². The Hall–Kier alpha value is -1.30. The van der Waals surface area contributed by atoms with Crippen molar-refractivity contribution in [2.75, 3.05) is 0 Å². The molecule has 0 unspecified atom stereocenters. The zero-order valence-corrected chi connectivity index (χ0v) is 8.14. The van der Waals surface area contributed by atoms with Crippen LogP contribution in [-0.2, 0) is 0 Å². The smallest absolute Gasteiger partial charge is 0.140 e. The molecule has 2 N–H and O–H groups in total. The van der Waals surface area contributed by atoms with E-state index < -0.39 is 12.2 Å². The third kappa shape index (κ3) is 3.21. The Kier molecular flexibility index (Phi) is 4.18. The first-order valence-electron chi connectivity index (χ1n) is 4.66. The third-order valence-corrected chi connectivity index (χ3v) is 1.89. The summed E-state index contributed by atoms with van der Waals surface area (Å²) in [6.45, 7) is 1.84. The van der Waals surface area contributed by atoms with Gasteiger partial charge < -0.3 is 10.2 Å². The van der Waals surface area contributed by atoms with Crippen molar-refractivity contribution in [2.24, 2.45) is 0 Å². The maximum Gasteiger partial charge on any atom is 0.140 e. The minimum atomic E-state index is -0.808. The second kappa shape index (κ2) is 5.43. The summed E-state index contributed by atoms with van der Waals surface area (Å²) in [5.74, 6) is 5.19. The lowest BCUT2D eigenvalue weighted by Gasteiger charge is -2.02. The van der Waals surface area contributed by atoms with Crippen LogP contribution in [0.1, 0.15) is 25.0 Å². The van der Waals surface area contributed by atoms with Crippen molar-refractivity contribution < 1.29 is 10.2 Å². The van der Waals surface area contributed by atoms with E-state index in [2.05, 4.69) is 11.8 Å². The van der Waals surface area contributed by atoms with Crippen LogP contribution >= 0.6 is 0 Å². The molecule has 2 heteroatoms. The molecule has 0 bridgehead atoms. The van der Waals surface area contributed by atoms with E-state index in [9.17, 15) is 5.11 Å². The molecule has 2 nitrogen and oxygen atoms in total. The van der Waals surface area contributed by atoms with E-state index in [1.807, 2.05) is 25.1 Å². The van der Waals surface area contributed by atoms with Gasteiger partial charge in [0.1, 0.15) is 12.2 Å². The van der Waals surface area contributed by atoms with Gasteiger partial charge in [-0.1, -0.05) is 49.1 Å². The molecular formula is C12H14O2. The summed E-state index contributed by atoms with van der Waals surface area (Å²) in [6.07, 6.45) is -0.875. The molecule has 0 aliphatic heterocycles. The van der Waals surface area contributed by atoms with Crippen LogP contribution in [0, 0.1) is 11.8 Å². The summed E-state index contributed by atoms with van der Waals surface area (Å²) < 4.78 is 0. The lowest BCUT2D eigenvalue weighted by Crippen LogP contribution is -2.01. The summed E-state index contributed by atoms with van der Waals surface area (Å²) in [4.78, 5) is 0. The number of hydrogen-bond acceptors (Lipinski definition) is 2. The number of rotatable bonds is 2. The Balaban J connectivity index is 2.66. The minimum Gasteiger partial charge on any atom is -0.380 e. The first-order valence-corrected chi connectivity index (χ1v) is 4.66. The molecule has 2 atom stereocenters. The highest BCUT2D eigenvalue weighted by atomic mass is 16.3. The van der Waals surface area contributed by atoms with Crippen molar-refractivity contribution >= 4 is 0 Å². The lowest BCUT2D eigenvalue weighted by molar-refractivity contribution is 0.221. The van der Waals surface area contributed by atoms with Crippen LogP contribution in [0.4, 0.5) is 0 Å². The normalized spacial score (nSPS) is 13.9. The van der Waals surface area contributed by atoms with Gasteiger partial charge in [0, 0.05) is 0 Å². The van der Waals surface area contributed by atoms with Gasteiger partial charge in [0.2, 0.25) is 0 Å². The van der Waals surface area contributed by atoms with Gasteiger partial charge in [0.05, 0.1) is 0 Å². The largest absolute Gasteiger partial charge is 0.380 e. The predicted octanol–water partition coefficient (Wildman–Crippen LogP) is 1.49. The van der Waals surface area contributed by atoms with E-state index >= 15 is 0 Å². The highest BCUT2D eigenvalue weighted by Crippen LogP contribution is 2.10. The van der Waals surface area contributed by atoms with Crippen molar-refractivity contribution in [3.05, 3.63) is 35.9 Å². The molecule has 0 aliphatic carbocycles. The molecule has 14 heavy (non-hydrogen) atoms. The highest BCUT2D eigenvalue weighted by Gasteiger charge is 2.01. The molecule has 1 rings (SSSR count). The zero-order chi connectivity index (χ0) is 10.4. The van der Waals surface area contributed by atoms with Crippen molar-refractivity contribution in [3.8, 4) is 11.8 Å². The average Bonchev–Trinajstić information content (AvgIpc) is 2.26. The van der Waals surface area contributed by atoms with Crippen LogP contribution in [0.3, 0.4) is 0 Å². The van der Waals surface area contributed by atoms with Crippen LogP contribution in [-0.4, -0.2) is 16.3 Å². The van der Waals surface area contributed by atoms with Crippen molar-refractivity contribution in [1.29, 1.82) is 0 Å². The van der Waals surface area contributed by atoms with Crippen molar-refractivity contribution in [2.45, 2.75) is 25.6 Å². The Labute approximate surface area is 84.2 Å². The van der Waals surface area contributed by atoms with Crippen LogP contribution < -0.4 is 0 Å². The molecule has 0 amide bonds. The van der Waals surface area contributed by atoms with E-state index in [0.717, 1.165) is 5.56 Å². The maximum atomic E-state index is 9.58. The Morgan fingerprint density at radius 1 is 1.14 bits per heavy atom. The van der Waals surface area contributed by atoms with Gasteiger partial charge in [-0.2, -0.15) is 0 Å². The monoisotopic (exact) mass is 190 g/mol. The SMILES string of the molecule is CC[C@@H](O)C#C[C@@H](O)c1ccccc1. The average molecular weight is 190 g/mol. The molecule has 1 aromatic carbocycles. The topological polar surface area (TPSA) is 40.5 Å². The van der Waals surface area contributed by atoms with Gasteiger partial charge in [-0.25, -0.2) is 0 Å². The fourth-order valence-electron chi connectivity index (χ4n) is 0.996. The second-order valence-corrected chi connectivity index (χ2v) is 3.03. The molecule has 0 saturated heterocycles. The Bertz CT molecular complexity index is 321. The second-order valence-electron chi connectivity index (χ2n) is 3.03. The van der Waals surface area contributed by atoms with Gasteiger partial charge in [-0.05, 0) is 12.0 Å². The molecule has 0 fully saturated rings. The van der Waals surface area contributed by atoms with Crippen molar-refractivity contribution in [3.63, 3.8) is 0 Å². The van der Waals surface area contributed by atoms with Crippen LogP contribution in [0.5, 0.6) is 0 Å². The van der Waals surface area contributed by atoms with Crippen molar-refractivity contribution in [1.82, 2.24) is 0 Å². The molecule has 0 radical (unpaired) electrons. The van der Waals surface area contributed by atoms with E-state index in [0.29, 0.717) is 6.42 Å². The summed E-state index contributed by atoms with van der Waals surface area (Å²) in [7, 11) is 0. The molecule has 0 heterocycles. The number of hydrogen-bond donors (Lipinski definition) is 2. The van der Waals surface area contributed by atoms with Gasteiger partial charge in [0.25, 0.3) is 0 Å². The van der Waals surface area contributed by atoms with Crippen LogP contribution in [0.15, 0.2) is 30.3 Å². The van der Waals surface area contributed by atoms with E-state index in [1.165, 1.54) is 0 Å². The van der Waals surface area contributed by atoms with E-state index in [1.54, 1.807) is 12.1 Å². The molecule has 1 aromatic rings. The zero-order valence-electron chi connectivity index (χ0n) is 8.14. The Morgan fingerprint density at radius 2 is 1.79 bits per heavy atom. The standard InChI is InChI=1S/C12H14O2/c1-2-11(13)8-9-12(14)10-6-4-3-5-7-10/h3-7,11-14H,2H2,1H3/t11-,12-/m1/s1. The molecule has 74 valence electrons. The van der Waals surface area contributed by atoms with Gasteiger partial charge in [-0.3, -0.25) is 0 Å². The van der Waals surface area contributed by atoms with Gasteiger partial charge in [-0.15, -0.1) is 0 Å². The van der Waals surface area contributed by atoms with E-state index in [-0.39, 0.29) is 0 Å². The number of benzene rings is 1. The summed E-state index contributed by atoms with van der Waals surface area (Å²) in [5.41, 5.74) is 0.753. The molecule has 0 saturated carbocycles. The molecular weight excluding hydrogens is 176 g/mol. The van der Waals surface area contributed by atoms with Gasteiger partial charge >= 0.3 is 0 Å². The Morgan fingerprint density at radius 3 is 2.36 bits per heavy atom. The highest BCUT2D eigenvalue weighted by molar-refractivity contribution is 5.25. The molecule has 0 spiro atoms. The predicted molar refractivity (Wildman–Crippen MR) is 55.5 cm³/mol. The van der Waals surface area contributed by atoms with Gasteiger partial charge in [0.15, 0.2) is 0 Å². The fraction of sp³-hybridized carbons (Fsp3) is 0.333.